The van der Waals surface area contributed by atoms with Gasteiger partial charge < -0.3 is 5.32 Å². The fraction of sp³-hybridized carbons (Fsp3) is 0.400. The summed E-state index contributed by atoms with van der Waals surface area (Å²) in [6.45, 7) is -0.525. The van der Waals surface area contributed by atoms with Crippen LogP contribution < -0.4 is 10.9 Å². The lowest BCUT2D eigenvalue weighted by molar-refractivity contribution is -0.131. The van der Waals surface area contributed by atoms with Crippen LogP contribution in [0.5, 0.6) is 0 Å². The molecule has 98 valence electrons. The van der Waals surface area contributed by atoms with E-state index in [4.69, 9.17) is 18.0 Å². The van der Waals surface area contributed by atoms with E-state index >= 15 is 0 Å². The highest BCUT2D eigenvalue weighted by molar-refractivity contribution is 6.32. The SMILES string of the molecule is C#CCn1ncc(Cl)c(NCCC(F)(F)F)c1=O. The first-order valence-corrected chi connectivity index (χ1v) is 5.22. The van der Waals surface area contributed by atoms with Crippen LogP contribution in [0, 0.1) is 12.3 Å². The van der Waals surface area contributed by atoms with Crippen LogP contribution in [0.3, 0.4) is 0 Å². The second-order valence-electron chi connectivity index (χ2n) is 3.33. The monoisotopic (exact) mass is 279 g/mol. The fourth-order valence-corrected chi connectivity index (χ4v) is 1.35. The van der Waals surface area contributed by atoms with Crippen molar-refractivity contribution in [2.24, 2.45) is 0 Å². The Labute approximate surface area is 106 Å². The van der Waals surface area contributed by atoms with Crippen LogP contribution in [0.2, 0.25) is 5.02 Å². The number of nitrogens with one attached hydrogen (secondary N) is 1. The highest BCUT2D eigenvalue weighted by atomic mass is 35.5. The summed E-state index contributed by atoms with van der Waals surface area (Å²) >= 11 is 5.68. The molecule has 0 aliphatic carbocycles. The second-order valence-corrected chi connectivity index (χ2v) is 3.73. The Kier molecular flexibility index (Phi) is 4.62. The van der Waals surface area contributed by atoms with Gasteiger partial charge in [0.05, 0.1) is 17.6 Å². The Morgan fingerprint density at radius 3 is 2.78 bits per heavy atom. The minimum absolute atomic E-state index is 0.0459. The Morgan fingerprint density at radius 1 is 1.56 bits per heavy atom. The molecule has 0 bridgehead atoms. The van der Waals surface area contributed by atoms with Crippen LogP contribution in [0.1, 0.15) is 6.42 Å². The number of nitrogens with zero attached hydrogens (tertiary/aromatic N) is 2. The van der Waals surface area contributed by atoms with Gasteiger partial charge in [-0.25, -0.2) is 4.68 Å². The Balaban J connectivity index is 2.85. The van der Waals surface area contributed by atoms with Gasteiger partial charge in [0.2, 0.25) is 0 Å². The number of hydrogen-bond donors (Lipinski definition) is 1. The number of hydrogen-bond acceptors (Lipinski definition) is 3. The predicted octanol–water partition coefficient (Wildman–Crippen LogP) is 1.89. The van der Waals surface area contributed by atoms with Crippen molar-refractivity contribution in [3.63, 3.8) is 0 Å². The average molecular weight is 280 g/mol. The molecule has 1 rings (SSSR count). The Morgan fingerprint density at radius 2 is 2.22 bits per heavy atom. The van der Waals surface area contributed by atoms with Gasteiger partial charge in [0.25, 0.3) is 5.56 Å². The number of rotatable bonds is 4. The molecular formula is C10H9ClF3N3O. The van der Waals surface area contributed by atoms with Crippen molar-refractivity contribution in [3.8, 4) is 12.3 Å². The summed E-state index contributed by atoms with van der Waals surface area (Å²) in [5, 5.41) is 5.95. The molecule has 0 aliphatic heterocycles. The first kappa shape index (κ1) is 14.4. The molecule has 4 nitrogen and oxygen atoms in total. The van der Waals surface area contributed by atoms with Gasteiger partial charge in [-0.15, -0.1) is 6.42 Å². The highest BCUT2D eigenvalue weighted by Crippen LogP contribution is 2.20. The average Bonchev–Trinajstić information content (AvgIpc) is 2.26. The van der Waals surface area contributed by atoms with E-state index in [-0.39, 0.29) is 17.3 Å². The molecule has 1 N–H and O–H groups in total. The molecule has 0 radical (unpaired) electrons. The molecule has 0 aromatic carbocycles. The van der Waals surface area contributed by atoms with Crippen molar-refractivity contribution in [3.05, 3.63) is 21.6 Å². The normalized spacial score (nSPS) is 11.1. The molecule has 0 saturated heterocycles. The van der Waals surface area contributed by atoms with Crippen molar-refractivity contribution in [1.29, 1.82) is 0 Å². The molecule has 8 heteroatoms. The van der Waals surface area contributed by atoms with Gasteiger partial charge in [-0.3, -0.25) is 4.79 Å². The smallest absolute Gasteiger partial charge is 0.379 e. The van der Waals surface area contributed by atoms with E-state index in [2.05, 4.69) is 16.3 Å². The zero-order valence-corrected chi connectivity index (χ0v) is 9.85. The van der Waals surface area contributed by atoms with E-state index in [0.717, 1.165) is 10.9 Å². The van der Waals surface area contributed by atoms with Crippen molar-refractivity contribution in [2.45, 2.75) is 19.1 Å². The van der Waals surface area contributed by atoms with E-state index in [0.29, 0.717) is 0 Å². The summed E-state index contributed by atoms with van der Waals surface area (Å²) < 4.78 is 36.8. The van der Waals surface area contributed by atoms with Crippen molar-refractivity contribution < 1.29 is 13.2 Å². The lowest BCUT2D eigenvalue weighted by Crippen LogP contribution is -2.27. The van der Waals surface area contributed by atoms with Gasteiger partial charge in [-0.1, -0.05) is 17.5 Å². The van der Waals surface area contributed by atoms with E-state index in [9.17, 15) is 18.0 Å². The van der Waals surface area contributed by atoms with Crippen LogP contribution in [0.4, 0.5) is 18.9 Å². The number of anilines is 1. The third-order valence-corrected chi connectivity index (χ3v) is 2.24. The molecule has 0 fully saturated rings. The molecular weight excluding hydrogens is 271 g/mol. The van der Waals surface area contributed by atoms with Gasteiger partial charge in [0.15, 0.2) is 0 Å². The largest absolute Gasteiger partial charge is 0.390 e. The van der Waals surface area contributed by atoms with Crippen LogP contribution in [-0.2, 0) is 6.54 Å². The molecule has 0 saturated carbocycles. The molecule has 0 aliphatic rings. The maximum Gasteiger partial charge on any atom is 0.390 e. The summed E-state index contributed by atoms with van der Waals surface area (Å²) in [7, 11) is 0. The molecule has 0 amide bonds. The second kappa shape index (κ2) is 5.78. The third kappa shape index (κ3) is 3.96. The number of halogens is 4. The molecule has 18 heavy (non-hydrogen) atoms. The maximum absolute atomic E-state index is 12.0. The molecule has 1 aromatic rings. The Hall–Kier alpha value is -1.68. The van der Waals surface area contributed by atoms with E-state index in [1.165, 1.54) is 0 Å². The van der Waals surface area contributed by atoms with Crippen LogP contribution >= 0.6 is 11.6 Å². The van der Waals surface area contributed by atoms with Crippen molar-refractivity contribution in [2.75, 3.05) is 11.9 Å². The quantitative estimate of drug-likeness (QED) is 0.856. The van der Waals surface area contributed by atoms with Gasteiger partial charge in [-0.05, 0) is 0 Å². The number of alkyl halides is 3. The first-order chi connectivity index (χ1) is 8.35. The number of aromatic nitrogens is 2. The van der Waals surface area contributed by atoms with E-state index < -0.39 is 24.7 Å². The minimum Gasteiger partial charge on any atom is -0.379 e. The topological polar surface area (TPSA) is 46.9 Å². The zero-order chi connectivity index (χ0) is 13.8. The van der Waals surface area contributed by atoms with Crippen LogP contribution in [0.25, 0.3) is 0 Å². The maximum atomic E-state index is 12.0. The Bertz CT molecular complexity index is 519. The number of terminal acetylenes is 1. The zero-order valence-electron chi connectivity index (χ0n) is 9.09. The fourth-order valence-electron chi connectivity index (χ4n) is 1.16. The predicted molar refractivity (Wildman–Crippen MR) is 61.5 cm³/mol. The summed E-state index contributed by atoms with van der Waals surface area (Å²) in [4.78, 5) is 11.7. The van der Waals surface area contributed by atoms with Crippen molar-refractivity contribution >= 4 is 17.3 Å². The van der Waals surface area contributed by atoms with Gasteiger partial charge >= 0.3 is 6.18 Å². The summed E-state index contributed by atoms with van der Waals surface area (Å²) in [5.41, 5.74) is -0.784. The van der Waals surface area contributed by atoms with Gasteiger partial charge in [0, 0.05) is 6.54 Å². The third-order valence-electron chi connectivity index (χ3n) is 1.95. The molecule has 0 unspecified atom stereocenters. The summed E-state index contributed by atoms with van der Waals surface area (Å²) in [6.07, 6.45) is 0.801. The molecule has 1 heterocycles. The standard InChI is InChI=1S/C10H9ClF3N3O/c1-2-5-17-9(18)8(7(11)6-16-17)15-4-3-10(12,13)14/h1,6,15H,3-5H2. The minimum atomic E-state index is -4.30. The van der Waals surface area contributed by atoms with E-state index in [1.54, 1.807) is 0 Å². The first-order valence-electron chi connectivity index (χ1n) is 4.85. The van der Waals surface area contributed by atoms with Gasteiger partial charge in [-0.2, -0.15) is 18.3 Å². The van der Waals surface area contributed by atoms with Crippen LogP contribution in [-0.4, -0.2) is 22.5 Å². The molecule has 0 spiro atoms. The molecule has 0 atom stereocenters. The summed E-state index contributed by atoms with van der Waals surface area (Å²) in [6, 6.07) is 0. The lowest BCUT2D eigenvalue weighted by atomic mass is 10.4. The molecule has 1 aromatic heterocycles. The van der Waals surface area contributed by atoms with Gasteiger partial charge in [0.1, 0.15) is 12.2 Å². The van der Waals surface area contributed by atoms with Crippen molar-refractivity contribution in [1.82, 2.24) is 9.78 Å². The van der Waals surface area contributed by atoms with Crippen LogP contribution in [0.15, 0.2) is 11.0 Å². The highest BCUT2D eigenvalue weighted by Gasteiger charge is 2.26. The summed E-state index contributed by atoms with van der Waals surface area (Å²) in [5.74, 6) is 2.20. The lowest BCUT2D eigenvalue weighted by Gasteiger charge is -2.10. The van der Waals surface area contributed by atoms with E-state index in [1.807, 2.05) is 0 Å².